The van der Waals surface area contributed by atoms with Gasteiger partial charge in [0.15, 0.2) is 0 Å². The van der Waals surface area contributed by atoms with Gasteiger partial charge in [0.1, 0.15) is 0 Å². The molecule has 0 bridgehead atoms. The van der Waals surface area contributed by atoms with Crippen LogP contribution in [-0.4, -0.2) is 10.7 Å². The van der Waals surface area contributed by atoms with Crippen molar-refractivity contribution >= 4 is 0 Å². The minimum atomic E-state index is 0.628. The standard InChI is InChI=1S/C17H32N2/c1-5-7-9-11-17(12-10-8-6-2)18-19-15(3)13-14-16(19)4/h13-14,17-18H,5-12H2,1-4H3. The van der Waals surface area contributed by atoms with Gasteiger partial charge in [-0.15, -0.1) is 0 Å². The van der Waals surface area contributed by atoms with Crippen LogP contribution < -0.4 is 5.43 Å². The summed E-state index contributed by atoms with van der Waals surface area (Å²) in [6.45, 7) is 8.91. The molecule has 0 atom stereocenters. The molecular formula is C17H32N2. The molecule has 1 heterocycles. The summed E-state index contributed by atoms with van der Waals surface area (Å²) in [6, 6.07) is 5.01. The summed E-state index contributed by atoms with van der Waals surface area (Å²) in [7, 11) is 0. The van der Waals surface area contributed by atoms with Crippen molar-refractivity contribution in [3.63, 3.8) is 0 Å². The molecule has 2 heteroatoms. The Balaban J connectivity index is 2.51. The Morgan fingerprint density at radius 1 is 0.895 bits per heavy atom. The molecule has 0 aliphatic heterocycles. The van der Waals surface area contributed by atoms with Crippen molar-refractivity contribution in [2.24, 2.45) is 0 Å². The van der Waals surface area contributed by atoms with Crippen LogP contribution in [0.25, 0.3) is 0 Å². The van der Waals surface area contributed by atoms with Crippen LogP contribution in [0.3, 0.4) is 0 Å². The van der Waals surface area contributed by atoms with E-state index >= 15 is 0 Å². The molecule has 19 heavy (non-hydrogen) atoms. The van der Waals surface area contributed by atoms with Crippen LogP contribution in [-0.2, 0) is 0 Å². The third-order valence-electron chi connectivity index (χ3n) is 3.90. The molecule has 0 saturated carbocycles. The lowest BCUT2D eigenvalue weighted by molar-refractivity contribution is 0.491. The van der Waals surface area contributed by atoms with Crippen LogP contribution >= 0.6 is 0 Å². The molecule has 0 aliphatic rings. The van der Waals surface area contributed by atoms with Gasteiger partial charge in [-0.3, -0.25) is 4.68 Å². The van der Waals surface area contributed by atoms with Crippen LogP contribution in [0, 0.1) is 13.8 Å². The normalized spacial score (nSPS) is 11.2. The first-order valence-electron chi connectivity index (χ1n) is 8.10. The van der Waals surface area contributed by atoms with E-state index in [1.807, 2.05) is 0 Å². The predicted molar refractivity (Wildman–Crippen MR) is 85.3 cm³/mol. The van der Waals surface area contributed by atoms with E-state index in [1.165, 1.54) is 62.8 Å². The number of unbranched alkanes of at least 4 members (excludes halogenated alkanes) is 4. The Hall–Kier alpha value is -0.920. The monoisotopic (exact) mass is 264 g/mol. The highest BCUT2D eigenvalue weighted by Gasteiger charge is 2.10. The van der Waals surface area contributed by atoms with E-state index in [9.17, 15) is 0 Å². The van der Waals surface area contributed by atoms with Gasteiger partial charge in [0.2, 0.25) is 0 Å². The first-order valence-corrected chi connectivity index (χ1v) is 8.10. The fourth-order valence-electron chi connectivity index (χ4n) is 2.61. The topological polar surface area (TPSA) is 17.0 Å². The number of hydrogen-bond donors (Lipinski definition) is 1. The molecule has 0 fully saturated rings. The second-order valence-electron chi connectivity index (χ2n) is 5.77. The molecule has 0 saturated heterocycles. The summed E-state index contributed by atoms with van der Waals surface area (Å²) in [5.41, 5.74) is 6.36. The van der Waals surface area contributed by atoms with Gasteiger partial charge in [0, 0.05) is 17.4 Å². The van der Waals surface area contributed by atoms with E-state index in [4.69, 9.17) is 0 Å². The average molecular weight is 264 g/mol. The zero-order valence-corrected chi connectivity index (χ0v) is 13.3. The van der Waals surface area contributed by atoms with Crippen molar-refractivity contribution in [3.05, 3.63) is 23.5 Å². The minimum Gasteiger partial charge on any atom is -0.323 e. The maximum Gasteiger partial charge on any atom is 0.0424 e. The molecule has 1 N–H and O–H groups in total. The Morgan fingerprint density at radius 3 is 1.79 bits per heavy atom. The number of nitrogens with zero attached hydrogens (tertiary/aromatic N) is 1. The summed E-state index contributed by atoms with van der Waals surface area (Å²) in [5, 5.41) is 0. The van der Waals surface area contributed by atoms with E-state index in [0.717, 1.165) is 0 Å². The second-order valence-corrected chi connectivity index (χ2v) is 5.77. The maximum absolute atomic E-state index is 3.73. The molecule has 1 rings (SSSR count). The molecule has 1 aromatic rings. The van der Waals surface area contributed by atoms with Gasteiger partial charge in [-0.05, 0) is 38.8 Å². The van der Waals surface area contributed by atoms with Gasteiger partial charge in [0.25, 0.3) is 0 Å². The highest BCUT2D eigenvalue weighted by atomic mass is 15.4. The Kier molecular flexibility index (Phi) is 7.69. The Morgan fingerprint density at radius 2 is 1.37 bits per heavy atom. The smallest absolute Gasteiger partial charge is 0.0424 e. The summed E-state index contributed by atoms with van der Waals surface area (Å²) in [6.07, 6.45) is 10.6. The Labute approximate surface area is 119 Å². The van der Waals surface area contributed by atoms with Gasteiger partial charge in [-0.1, -0.05) is 52.4 Å². The van der Waals surface area contributed by atoms with E-state index < -0.39 is 0 Å². The summed E-state index contributed by atoms with van der Waals surface area (Å²) < 4.78 is 2.27. The lowest BCUT2D eigenvalue weighted by atomic mass is 10.0. The second kappa shape index (κ2) is 9.06. The van der Waals surface area contributed by atoms with E-state index in [1.54, 1.807) is 0 Å². The highest BCUT2D eigenvalue weighted by Crippen LogP contribution is 2.14. The average Bonchev–Trinajstić information content (AvgIpc) is 2.70. The lowest BCUT2D eigenvalue weighted by Crippen LogP contribution is -2.29. The fraction of sp³-hybridized carbons (Fsp3) is 0.765. The molecule has 0 radical (unpaired) electrons. The van der Waals surface area contributed by atoms with Crippen molar-refractivity contribution in [1.29, 1.82) is 0 Å². The third kappa shape index (κ3) is 5.71. The van der Waals surface area contributed by atoms with Gasteiger partial charge in [-0.25, -0.2) is 0 Å². The third-order valence-corrected chi connectivity index (χ3v) is 3.90. The number of nitrogens with one attached hydrogen (secondary N) is 1. The largest absolute Gasteiger partial charge is 0.323 e. The quantitative estimate of drug-likeness (QED) is 0.576. The summed E-state index contributed by atoms with van der Waals surface area (Å²) in [5.74, 6) is 0. The van der Waals surface area contributed by atoms with Crippen molar-refractivity contribution in [2.45, 2.75) is 85.1 Å². The molecule has 0 aliphatic carbocycles. The SMILES string of the molecule is CCCCCC(CCCCC)Nn1c(C)ccc1C. The van der Waals surface area contributed by atoms with E-state index in [-0.39, 0.29) is 0 Å². The number of hydrogen-bond acceptors (Lipinski definition) is 1. The molecule has 0 amide bonds. The van der Waals surface area contributed by atoms with Crippen LogP contribution in [0.4, 0.5) is 0 Å². The molecule has 0 unspecified atom stereocenters. The van der Waals surface area contributed by atoms with Gasteiger partial charge >= 0.3 is 0 Å². The van der Waals surface area contributed by atoms with Crippen LogP contribution in [0.2, 0.25) is 0 Å². The molecule has 0 aromatic carbocycles. The van der Waals surface area contributed by atoms with Crippen molar-refractivity contribution in [3.8, 4) is 0 Å². The predicted octanol–water partition coefficient (Wildman–Crippen LogP) is 5.18. The van der Waals surface area contributed by atoms with Crippen LogP contribution in [0.1, 0.15) is 76.6 Å². The number of aromatic nitrogens is 1. The fourth-order valence-corrected chi connectivity index (χ4v) is 2.61. The van der Waals surface area contributed by atoms with Crippen molar-refractivity contribution in [2.75, 3.05) is 5.43 Å². The van der Waals surface area contributed by atoms with Gasteiger partial charge < -0.3 is 5.43 Å². The molecule has 1 aromatic heterocycles. The van der Waals surface area contributed by atoms with Crippen molar-refractivity contribution in [1.82, 2.24) is 4.68 Å². The maximum atomic E-state index is 3.73. The molecule has 110 valence electrons. The van der Waals surface area contributed by atoms with Gasteiger partial charge in [-0.2, -0.15) is 0 Å². The molecular weight excluding hydrogens is 232 g/mol. The van der Waals surface area contributed by atoms with E-state index in [0.29, 0.717) is 6.04 Å². The molecule has 0 spiro atoms. The number of aryl methyl sites for hydroxylation is 2. The van der Waals surface area contributed by atoms with Gasteiger partial charge in [0.05, 0.1) is 0 Å². The Bertz CT molecular complexity index is 312. The first kappa shape index (κ1) is 16.1. The highest BCUT2D eigenvalue weighted by molar-refractivity contribution is 5.15. The summed E-state index contributed by atoms with van der Waals surface area (Å²) in [4.78, 5) is 0. The van der Waals surface area contributed by atoms with Crippen LogP contribution in [0.5, 0.6) is 0 Å². The van der Waals surface area contributed by atoms with E-state index in [2.05, 4.69) is 49.9 Å². The van der Waals surface area contributed by atoms with Crippen LogP contribution in [0.15, 0.2) is 12.1 Å². The summed E-state index contributed by atoms with van der Waals surface area (Å²) >= 11 is 0. The molecule has 2 nitrogen and oxygen atoms in total. The zero-order valence-electron chi connectivity index (χ0n) is 13.3. The van der Waals surface area contributed by atoms with Crippen molar-refractivity contribution < 1.29 is 0 Å². The minimum absolute atomic E-state index is 0.628. The zero-order chi connectivity index (χ0) is 14.1. The number of rotatable bonds is 10. The lowest BCUT2D eigenvalue weighted by Gasteiger charge is -2.23. The first-order chi connectivity index (χ1) is 9.19.